The lowest BCUT2D eigenvalue weighted by atomic mass is 10.1. The van der Waals surface area contributed by atoms with Crippen LogP contribution in [-0.4, -0.2) is 41.7 Å². The van der Waals surface area contributed by atoms with Gasteiger partial charge in [-0.15, -0.1) is 11.8 Å². The lowest BCUT2D eigenvalue weighted by Gasteiger charge is -2.32. The molecular weight excluding hydrogens is 336 g/mol. The van der Waals surface area contributed by atoms with Crippen molar-refractivity contribution in [1.82, 2.24) is 10.2 Å². The van der Waals surface area contributed by atoms with Gasteiger partial charge in [0.1, 0.15) is 0 Å². The van der Waals surface area contributed by atoms with Crippen LogP contribution >= 0.6 is 27.7 Å². The third-order valence-electron chi connectivity index (χ3n) is 3.60. The normalized spacial score (nSPS) is 19.1. The van der Waals surface area contributed by atoms with Crippen LogP contribution in [0.3, 0.4) is 0 Å². The number of benzene rings is 1. The molecule has 1 saturated heterocycles. The molecule has 1 aliphatic rings. The van der Waals surface area contributed by atoms with Gasteiger partial charge < -0.3 is 10.2 Å². The van der Waals surface area contributed by atoms with Crippen LogP contribution < -0.4 is 5.32 Å². The van der Waals surface area contributed by atoms with Crippen molar-refractivity contribution in [2.24, 2.45) is 0 Å². The topological polar surface area (TPSA) is 32.3 Å². The lowest BCUT2D eigenvalue weighted by Crippen LogP contribution is -2.47. The number of carbonyl (C=O) groups is 1. The minimum Gasteiger partial charge on any atom is -0.340 e. The number of carbonyl (C=O) groups excluding carboxylic acids is 1. The van der Waals surface area contributed by atoms with E-state index in [0.717, 1.165) is 28.9 Å². The van der Waals surface area contributed by atoms with Crippen molar-refractivity contribution in [3.63, 3.8) is 0 Å². The molecule has 0 bridgehead atoms. The summed E-state index contributed by atoms with van der Waals surface area (Å²) in [6.07, 6.45) is 1.04. The third-order valence-corrected chi connectivity index (χ3v) is 5.33. The van der Waals surface area contributed by atoms with Crippen LogP contribution in [0.2, 0.25) is 0 Å². The van der Waals surface area contributed by atoms with Gasteiger partial charge >= 0.3 is 0 Å². The molecule has 20 heavy (non-hydrogen) atoms. The van der Waals surface area contributed by atoms with Gasteiger partial charge in [0.15, 0.2) is 0 Å². The SMILES string of the molecule is CN(C(=O)C(C)(C)Sc1ccc(Br)cc1)C1CCNC1. The van der Waals surface area contributed by atoms with E-state index >= 15 is 0 Å². The van der Waals surface area contributed by atoms with Crippen LogP contribution in [0.15, 0.2) is 33.6 Å². The van der Waals surface area contributed by atoms with Gasteiger partial charge in [0, 0.05) is 29.0 Å². The van der Waals surface area contributed by atoms with Crippen molar-refractivity contribution in [2.75, 3.05) is 20.1 Å². The Hall–Kier alpha value is -0.520. The highest BCUT2D eigenvalue weighted by Crippen LogP contribution is 2.35. The van der Waals surface area contributed by atoms with E-state index in [9.17, 15) is 4.79 Å². The Morgan fingerprint density at radius 3 is 2.60 bits per heavy atom. The van der Waals surface area contributed by atoms with Gasteiger partial charge in [0.25, 0.3) is 0 Å². The highest BCUT2D eigenvalue weighted by Gasteiger charge is 2.35. The summed E-state index contributed by atoms with van der Waals surface area (Å²) in [5.41, 5.74) is 0. The predicted octanol–water partition coefficient (Wildman–Crippen LogP) is 3.14. The summed E-state index contributed by atoms with van der Waals surface area (Å²) >= 11 is 5.05. The first-order valence-corrected chi connectivity index (χ1v) is 8.43. The molecule has 110 valence electrons. The fourth-order valence-electron chi connectivity index (χ4n) is 2.40. The molecule has 0 aliphatic carbocycles. The molecule has 2 rings (SSSR count). The molecule has 0 saturated carbocycles. The molecule has 1 unspecified atom stereocenters. The molecule has 1 aromatic carbocycles. The zero-order valence-corrected chi connectivity index (χ0v) is 14.6. The number of thioether (sulfide) groups is 1. The molecule has 1 atom stereocenters. The maximum absolute atomic E-state index is 12.7. The van der Waals surface area contributed by atoms with Crippen LogP contribution in [0.4, 0.5) is 0 Å². The average Bonchev–Trinajstić information content (AvgIpc) is 2.93. The number of halogens is 1. The Balaban J connectivity index is 2.04. The summed E-state index contributed by atoms with van der Waals surface area (Å²) in [5, 5.41) is 3.31. The monoisotopic (exact) mass is 356 g/mol. The molecule has 0 radical (unpaired) electrons. The van der Waals surface area contributed by atoms with Crippen LogP contribution in [0, 0.1) is 0 Å². The van der Waals surface area contributed by atoms with Crippen LogP contribution in [0.5, 0.6) is 0 Å². The number of amides is 1. The Morgan fingerprint density at radius 2 is 2.05 bits per heavy atom. The standard InChI is InChI=1S/C15H21BrN2OS/c1-15(2,20-13-6-4-11(16)5-7-13)14(19)18(3)12-8-9-17-10-12/h4-7,12,17H,8-10H2,1-3H3. The lowest BCUT2D eigenvalue weighted by molar-refractivity contribution is -0.133. The van der Waals surface area contributed by atoms with Gasteiger partial charge in [-0.1, -0.05) is 15.9 Å². The smallest absolute Gasteiger partial charge is 0.238 e. The molecule has 1 aromatic rings. The Kier molecular flexibility index (Phi) is 5.15. The number of nitrogens with zero attached hydrogens (tertiary/aromatic N) is 1. The Morgan fingerprint density at radius 1 is 1.40 bits per heavy atom. The third kappa shape index (κ3) is 3.77. The summed E-state index contributed by atoms with van der Waals surface area (Å²) in [4.78, 5) is 15.7. The van der Waals surface area contributed by atoms with Gasteiger partial charge in [-0.05, 0) is 51.1 Å². The van der Waals surface area contributed by atoms with Gasteiger partial charge in [-0.2, -0.15) is 0 Å². The fraction of sp³-hybridized carbons (Fsp3) is 0.533. The largest absolute Gasteiger partial charge is 0.340 e. The number of rotatable bonds is 4. The van der Waals surface area contributed by atoms with Gasteiger partial charge in [-0.25, -0.2) is 0 Å². The molecule has 3 nitrogen and oxygen atoms in total. The number of nitrogens with one attached hydrogen (secondary N) is 1. The summed E-state index contributed by atoms with van der Waals surface area (Å²) < 4.78 is 0.602. The van der Waals surface area contributed by atoms with E-state index in [1.165, 1.54) is 0 Å². The summed E-state index contributed by atoms with van der Waals surface area (Å²) in [6, 6.07) is 8.43. The van der Waals surface area contributed by atoms with E-state index in [4.69, 9.17) is 0 Å². The maximum atomic E-state index is 12.7. The van der Waals surface area contributed by atoms with Crippen LogP contribution in [0.1, 0.15) is 20.3 Å². The van der Waals surface area contributed by atoms with Crippen LogP contribution in [0.25, 0.3) is 0 Å². The second kappa shape index (κ2) is 6.50. The van der Waals surface area contributed by atoms with Gasteiger partial charge in [0.2, 0.25) is 5.91 Å². The fourth-order valence-corrected chi connectivity index (χ4v) is 3.76. The first-order valence-electron chi connectivity index (χ1n) is 6.83. The van der Waals surface area contributed by atoms with Crippen molar-refractivity contribution in [1.29, 1.82) is 0 Å². The second-order valence-corrected chi connectivity index (χ2v) is 8.24. The number of hydrogen-bond acceptors (Lipinski definition) is 3. The number of likely N-dealkylation sites (N-methyl/N-ethyl adjacent to an activating group) is 1. The molecule has 1 amide bonds. The molecular formula is C15H21BrN2OS. The first kappa shape index (κ1) is 15.9. The molecule has 1 aliphatic heterocycles. The molecule has 0 aromatic heterocycles. The Labute approximate surface area is 133 Å². The van der Waals surface area contributed by atoms with Crippen LogP contribution in [-0.2, 0) is 4.79 Å². The van der Waals surface area contributed by atoms with E-state index in [2.05, 4.69) is 21.2 Å². The summed E-state index contributed by atoms with van der Waals surface area (Å²) in [7, 11) is 1.92. The highest BCUT2D eigenvalue weighted by molar-refractivity contribution is 9.10. The highest BCUT2D eigenvalue weighted by atomic mass is 79.9. The van der Waals surface area contributed by atoms with E-state index in [0.29, 0.717) is 6.04 Å². The van der Waals surface area contributed by atoms with Crippen molar-refractivity contribution in [2.45, 2.75) is 36.0 Å². The Bertz CT molecular complexity index is 469. The van der Waals surface area contributed by atoms with E-state index in [1.54, 1.807) is 11.8 Å². The van der Waals surface area contributed by atoms with E-state index in [1.807, 2.05) is 50.1 Å². The van der Waals surface area contributed by atoms with Crippen molar-refractivity contribution in [3.8, 4) is 0 Å². The predicted molar refractivity (Wildman–Crippen MR) is 88.1 cm³/mol. The van der Waals surface area contributed by atoms with E-state index < -0.39 is 4.75 Å². The zero-order valence-electron chi connectivity index (χ0n) is 12.1. The van der Waals surface area contributed by atoms with Gasteiger partial charge in [0.05, 0.1) is 4.75 Å². The number of hydrogen-bond donors (Lipinski definition) is 1. The summed E-state index contributed by atoms with van der Waals surface area (Å²) in [6.45, 7) is 5.91. The molecule has 0 spiro atoms. The average molecular weight is 357 g/mol. The van der Waals surface area contributed by atoms with Crippen molar-refractivity contribution >= 4 is 33.6 Å². The molecule has 1 fully saturated rings. The van der Waals surface area contributed by atoms with E-state index in [-0.39, 0.29) is 5.91 Å². The maximum Gasteiger partial charge on any atom is 0.238 e. The first-order chi connectivity index (χ1) is 9.40. The zero-order chi connectivity index (χ0) is 14.8. The quantitative estimate of drug-likeness (QED) is 0.841. The van der Waals surface area contributed by atoms with Crippen molar-refractivity contribution in [3.05, 3.63) is 28.7 Å². The van der Waals surface area contributed by atoms with Gasteiger partial charge in [-0.3, -0.25) is 4.79 Å². The summed E-state index contributed by atoms with van der Waals surface area (Å²) in [5.74, 6) is 0.194. The van der Waals surface area contributed by atoms with Crippen molar-refractivity contribution < 1.29 is 4.79 Å². The molecule has 5 heteroatoms. The second-order valence-electron chi connectivity index (χ2n) is 5.63. The molecule has 1 N–H and O–H groups in total. The minimum absolute atomic E-state index is 0.194. The minimum atomic E-state index is -0.453. The molecule has 1 heterocycles.